The predicted molar refractivity (Wildman–Crippen MR) is 47.3 cm³/mol. The highest BCUT2D eigenvalue weighted by Gasteiger charge is 2.20. The minimum Gasteiger partial charge on any atom is -0.303 e. The van der Waals surface area contributed by atoms with Crippen molar-refractivity contribution in [3.05, 3.63) is 11.6 Å². The van der Waals surface area contributed by atoms with Gasteiger partial charge in [-0.2, -0.15) is 5.10 Å². The summed E-state index contributed by atoms with van der Waals surface area (Å²) >= 11 is 0. The summed E-state index contributed by atoms with van der Waals surface area (Å²) in [5.74, 6) is 2.02. The van der Waals surface area contributed by atoms with Crippen LogP contribution in [0.4, 0.5) is 0 Å². The highest BCUT2D eigenvalue weighted by atomic mass is 16.1. The zero-order chi connectivity index (χ0) is 9.26. The lowest BCUT2D eigenvalue weighted by Crippen LogP contribution is -2.21. The van der Waals surface area contributed by atoms with E-state index in [0.717, 1.165) is 43.7 Å². The monoisotopic (exact) mass is 179 g/mol. The third kappa shape index (κ3) is 1.48. The molecule has 0 saturated carbocycles. The number of aldehydes is 1. The molecule has 0 fully saturated rings. The molecule has 0 radical (unpaired) electrons. The molecule has 1 aromatic rings. The second-order valence-corrected chi connectivity index (χ2v) is 3.41. The van der Waals surface area contributed by atoms with Crippen LogP contribution in [0, 0.1) is 5.92 Å². The number of hydrogen-bond acceptors (Lipinski definition) is 3. The summed E-state index contributed by atoms with van der Waals surface area (Å²) in [5, 5.41) is 4.33. The van der Waals surface area contributed by atoms with Gasteiger partial charge >= 0.3 is 0 Å². The normalized spacial score (nSPS) is 21.2. The lowest BCUT2D eigenvalue weighted by molar-refractivity contribution is -0.111. The first kappa shape index (κ1) is 8.41. The summed E-state index contributed by atoms with van der Waals surface area (Å²) in [4.78, 5) is 14.9. The fourth-order valence-electron chi connectivity index (χ4n) is 1.65. The predicted octanol–water partition coefficient (Wildman–Crippen LogP) is 0.602. The average Bonchev–Trinajstić information content (AvgIpc) is 2.58. The second-order valence-electron chi connectivity index (χ2n) is 3.41. The van der Waals surface area contributed by atoms with Gasteiger partial charge in [-0.25, -0.2) is 9.67 Å². The van der Waals surface area contributed by atoms with Crippen LogP contribution in [0.1, 0.15) is 25.0 Å². The Kier molecular flexibility index (Phi) is 2.12. The zero-order valence-corrected chi connectivity index (χ0v) is 7.73. The molecule has 1 aromatic heterocycles. The molecule has 0 bridgehead atoms. The van der Waals surface area contributed by atoms with Gasteiger partial charge in [-0.05, 0) is 6.42 Å². The topological polar surface area (TPSA) is 47.8 Å². The van der Waals surface area contributed by atoms with Crippen molar-refractivity contribution in [3.8, 4) is 0 Å². The molecule has 13 heavy (non-hydrogen) atoms. The number of carbonyl (C=O) groups is 1. The Morgan fingerprint density at radius 3 is 3.23 bits per heavy atom. The summed E-state index contributed by atoms with van der Waals surface area (Å²) in [6.45, 7) is 2.88. The number of hydrogen-bond donors (Lipinski definition) is 0. The molecule has 1 aliphatic heterocycles. The SMILES string of the molecule is CCc1nc2n(n1)CCC(C=O)C2. The van der Waals surface area contributed by atoms with E-state index in [1.54, 1.807) is 0 Å². The fourth-order valence-corrected chi connectivity index (χ4v) is 1.65. The third-order valence-corrected chi connectivity index (χ3v) is 2.46. The van der Waals surface area contributed by atoms with E-state index < -0.39 is 0 Å². The van der Waals surface area contributed by atoms with Gasteiger partial charge in [0.15, 0.2) is 5.82 Å². The first-order chi connectivity index (χ1) is 6.33. The van der Waals surface area contributed by atoms with E-state index in [-0.39, 0.29) is 5.92 Å². The lowest BCUT2D eigenvalue weighted by Gasteiger charge is -2.16. The van der Waals surface area contributed by atoms with Crippen LogP contribution in [0.3, 0.4) is 0 Å². The number of rotatable bonds is 2. The van der Waals surface area contributed by atoms with E-state index in [1.165, 1.54) is 0 Å². The van der Waals surface area contributed by atoms with Crippen LogP contribution in [0.5, 0.6) is 0 Å². The summed E-state index contributed by atoms with van der Waals surface area (Å²) in [6.07, 6.45) is 3.56. The van der Waals surface area contributed by atoms with Crippen molar-refractivity contribution >= 4 is 6.29 Å². The summed E-state index contributed by atoms with van der Waals surface area (Å²) < 4.78 is 1.93. The molecule has 0 spiro atoms. The van der Waals surface area contributed by atoms with Crippen LogP contribution in [-0.2, 0) is 24.2 Å². The van der Waals surface area contributed by atoms with Gasteiger partial charge in [0, 0.05) is 25.3 Å². The number of carbonyl (C=O) groups excluding carboxylic acids is 1. The standard InChI is InChI=1S/C9H13N3O/c1-2-8-10-9-5-7(6-13)3-4-12(9)11-8/h6-7H,2-5H2,1H3. The Morgan fingerprint density at radius 1 is 1.69 bits per heavy atom. The van der Waals surface area contributed by atoms with Crippen molar-refractivity contribution in [1.29, 1.82) is 0 Å². The Bertz CT molecular complexity index is 319. The van der Waals surface area contributed by atoms with Gasteiger partial charge in [0.05, 0.1) is 0 Å². The van der Waals surface area contributed by atoms with Gasteiger partial charge in [0.2, 0.25) is 0 Å². The molecule has 0 aromatic carbocycles. The molecule has 0 aliphatic carbocycles. The first-order valence-electron chi connectivity index (χ1n) is 4.71. The zero-order valence-electron chi connectivity index (χ0n) is 7.73. The Labute approximate surface area is 77.0 Å². The van der Waals surface area contributed by atoms with Gasteiger partial charge in [-0.15, -0.1) is 0 Å². The molecule has 1 aliphatic rings. The van der Waals surface area contributed by atoms with Crippen LogP contribution >= 0.6 is 0 Å². The lowest BCUT2D eigenvalue weighted by atomic mass is 10.0. The number of aromatic nitrogens is 3. The molecule has 4 heteroatoms. The molecule has 0 saturated heterocycles. The van der Waals surface area contributed by atoms with E-state index in [0.29, 0.717) is 0 Å². The highest BCUT2D eigenvalue weighted by Crippen LogP contribution is 2.16. The highest BCUT2D eigenvalue weighted by molar-refractivity contribution is 5.54. The van der Waals surface area contributed by atoms with Crippen LogP contribution < -0.4 is 0 Å². The smallest absolute Gasteiger partial charge is 0.150 e. The molecule has 2 heterocycles. The summed E-state index contributed by atoms with van der Waals surface area (Å²) in [5.41, 5.74) is 0. The molecular weight excluding hydrogens is 166 g/mol. The van der Waals surface area contributed by atoms with Crippen molar-refractivity contribution < 1.29 is 4.79 Å². The minimum atomic E-state index is 0.154. The maximum atomic E-state index is 10.6. The maximum absolute atomic E-state index is 10.6. The summed E-state index contributed by atoms with van der Waals surface area (Å²) in [6, 6.07) is 0. The Balaban J connectivity index is 2.24. The summed E-state index contributed by atoms with van der Waals surface area (Å²) in [7, 11) is 0. The van der Waals surface area contributed by atoms with Crippen molar-refractivity contribution in [2.45, 2.75) is 32.7 Å². The van der Waals surface area contributed by atoms with Gasteiger partial charge in [0.25, 0.3) is 0 Å². The first-order valence-corrected chi connectivity index (χ1v) is 4.71. The third-order valence-electron chi connectivity index (χ3n) is 2.46. The molecule has 2 rings (SSSR count). The molecule has 0 amide bonds. The van der Waals surface area contributed by atoms with E-state index >= 15 is 0 Å². The molecule has 1 unspecified atom stereocenters. The molecule has 0 N–H and O–H groups in total. The largest absolute Gasteiger partial charge is 0.303 e. The molecule has 4 nitrogen and oxygen atoms in total. The maximum Gasteiger partial charge on any atom is 0.150 e. The van der Waals surface area contributed by atoms with Crippen LogP contribution in [-0.4, -0.2) is 21.1 Å². The number of fused-ring (bicyclic) bond motifs is 1. The van der Waals surface area contributed by atoms with E-state index in [2.05, 4.69) is 10.1 Å². The molecular formula is C9H13N3O. The van der Waals surface area contributed by atoms with E-state index in [1.807, 2.05) is 11.6 Å². The number of aryl methyl sites for hydroxylation is 2. The fraction of sp³-hybridized carbons (Fsp3) is 0.667. The quantitative estimate of drug-likeness (QED) is 0.625. The van der Waals surface area contributed by atoms with Crippen molar-refractivity contribution in [2.24, 2.45) is 5.92 Å². The van der Waals surface area contributed by atoms with Gasteiger partial charge in [-0.1, -0.05) is 6.92 Å². The molecule has 70 valence electrons. The van der Waals surface area contributed by atoms with Crippen molar-refractivity contribution in [2.75, 3.05) is 0 Å². The van der Waals surface area contributed by atoms with Crippen LogP contribution in [0.25, 0.3) is 0 Å². The van der Waals surface area contributed by atoms with Crippen molar-refractivity contribution in [1.82, 2.24) is 14.8 Å². The second kappa shape index (κ2) is 3.28. The number of nitrogens with zero attached hydrogens (tertiary/aromatic N) is 3. The Hall–Kier alpha value is -1.19. The van der Waals surface area contributed by atoms with Crippen LogP contribution in [0.15, 0.2) is 0 Å². The minimum absolute atomic E-state index is 0.154. The van der Waals surface area contributed by atoms with E-state index in [9.17, 15) is 4.79 Å². The average molecular weight is 179 g/mol. The van der Waals surface area contributed by atoms with E-state index in [4.69, 9.17) is 0 Å². The van der Waals surface area contributed by atoms with Crippen LogP contribution in [0.2, 0.25) is 0 Å². The van der Waals surface area contributed by atoms with Gasteiger partial charge in [0.1, 0.15) is 12.1 Å². The molecule has 1 atom stereocenters. The van der Waals surface area contributed by atoms with Gasteiger partial charge < -0.3 is 4.79 Å². The van der Waals surface area contributed by atoms with Crippen molar-refractivity contribution in [3.63, 3.8) is 0 Å². The Morgan fingerprint density at radius 2 is 2.54 bits per heavy atom. The van der Waals surface area contributed by atoms with Gasteiger partial charge in [-0.3, -0.25) is 0 Å².